The second kappa shape index (κ2) is 6.88. The summed E-state index contributed by atoms with van der Waals surface area (Å²) in [6, 6.07) is 3.04. The SMILES string of the molecule is O=C(NCC1CC=CCC1)Nc1c(F)cccc1C(=O)O. The first-order chi connectivity index (χ1) is 10.1. The predicted molar refractivity (Wildman–Crippen MR) is 76.9 cm³/mol. The molecule has 0 fully saturated rings. The Balaban J connectivity index is 1.96. The Bertz CT molecular complexity index is 572. The molecule has 0 spiro atoms. The molecule has 21 heavy (non-hydrogen) atoms. The van der Waals surface area contributed by atoms with E-state index in [1.807, 2.05) is 0 Å². The molecule has 1 atom stereocenters. The third-order valence-corrected chi connectivity index (χ3v) is 3.41. The van der Waals surface area contributed by atoms with Gasteiger partial charge in [0.2, 0.25) is 0 Å². The van der Waals surface area contributed by atoms with Crippen molar-refractivity contribution in [1.82, 2.24) is 5.32 Å². The number of rotatable bonds is 4. The summed E-state index contributed by atoms with van der Waals surface area (Å²) in [6.07, 6.45) is 7.07. The molecule has 0 saturated heterocycles. The van der Waals surface area contributed by atoms with Gasteiger partial charge in [0, 0.05) is 6.54 Å². The molecule has 1 aromatic rings. The summed E-state index contributed by atoms with van der Waals surface area (Å²) in [5.74, 6) is -1.70. The maximum Gasteiger partial charge on any atom is 0.337 e. The second-order valence-electron chi connectivity index (χ2n) is 4.95. The van der Waals surface area contributed by atoms with Gasteiger partial charge in [-0.2, -0.15) is 0 Å². The summed E-state index contributed by atoms with van der Waals surface area (Å²) in [7, 11) is 0. The Labute approximate surface area is 121 Å². The summed E-state index contributed by atoms with van der Waals surface area (Å²) in [6.45, 7) is 0.479. The minimum atomic E-state index is -1.29. The van der Waals surface area contributed by atoms with Gasteiger partial charge in [-0.25, -0.2) is 14.0 Å². The third kappa shape index (κ3) is 4.05. The number of benzene rings is 1. The molecule has 0 heterocycles. The summed E-state index contributed by atoms with van der Waals surface area (Å²) in [4.78, 5) is 22.8. The van der Waals surface area contributed by atoms with Gasteiger partial charge in [-0.05, 0) is 37.3 Å². The fraction of sp³-hybridized carbons (Fsp3) is 0.333. The van der Waals surface area contributed by atoms with Crippen molar-refractivity contribution in [2.45, 2.75) is 19.3 Å². The van der Waals surface area contributed by atoms with Crippen molar-refractivity contribution in [2.24, 2.45) is 5.92 Å². The molecule has 5 nitrogen and oxygen atoms in total. The highest BCUT2D eigenvalue weighted by Crippen LogP contribution is 2.20. The van der Waals surface area contributed by atoms with Crippen LogP contribution in [0.2, 0.25) is 0 Å². The van der Waals surface area contributed by atoms with Crippen LogP contribution in [-0.2, 0) is 0 Å². The van der Waals surface area contributed by atoms with Gasteiger partial charge in [0.15, 0.2) is 0 Å². The minimum Gasteiger partial charge on any atom is -0.478 e. The molecule has 2 amide bonds. The molecule has 1 aliphatic rings. The zero-order valence-corrected chi connectivity index (χ0v) is 11.4. The Hall–Kier alpha value is -2.37. The van der Waals surface area contributed by atoms with Crippen molar-refractivity contribution in [2.75, 3.05) is 11.9 Å². The Morgan fingerprint density at radius 2 is 2.14 bits per heavy atom. The molecule has 1 aliphatic carbocycles. The van der Waals surface area contributed by atoms with Crippen molar-refractivity contribution >= 4 is 17.7 Å². The summed E-state index contributed by atoms with van der Waals surface area (Å²) in [5, 5.41) is 13.9. The van der Waals surface area contributed by atoms with E-state index in [0.717, 1.165) is 25.3 Å². The van der Waals surface area contributed by atoms with E-state index in [9.17, 15) is 14.0 Å². The molecule has 1 aromatic carbocycles. The molecular weight excluding hydrogens is 275 g/mol. The number of carboxylic acid groups (broad SMARTS) is 1. The lowest BCUT2D eigenvalue weighted by Gasteiger charge is -2.18. The number of aromatic carboxylic acids is 1. The number of para-hydroxylation sites is 1. The summed E-state index contributed by atoms with van der Waals surface area (Å²) < 4.78 is 13.7. The summed E-state index contributed by atoms with van der Waals surface area (Å²) in [5.41, 5.74) is -0.586. The van der Waals surface area contributed by atoms with Gasteiger partial charge < -0.3 is 15.7 Å². The Morgan fingerprint density at radius 1 is 1.33 bits per heavy atom. The number of nitrogens with one attached hydrogen (secondary N) is 2. The van der Waals surface area contributed by atoms with Gasteiger partial charge in [-0.15, -0.1) is 0 Å². The van der Waals surface area contributed by atoms with Gasteiger partial charge in [0.05, 0.1) is 11.3 Å². The van der Waals surface area contributed by atoms with Crippen LogP contribution in [0.5, 0.6) is 0 Å². The van der Waals surface area contributed by atoms with E-state index < -0.39 is 17.8 Å². The molecule has 0 radical (unpaired) electrons. The zero-order chi connectivity index (χ0) is 15.2. The highest BCUT2D eigenvalue weighted by atomic mass is 19.1. The third-order valence-electron chi connectivity index (χ3n) is 3.41. The average molecular weight is 292 g/mol. The molecule has 3 N–H and O–H groups in total. The molecule has 1 unspecified atom stereocenters. The fourth-order valence-corrected chi connectivity index (χ4v) is 2.27. The molecular formula is C15H17FN2O3. The monoisotopic (exact) mass is 292 g/mol. The molecule has 0 aliphatic heterocycles. The number of carbonyl (C=O) groups excluding carboxylic acids is 1. The standard InChI is InChI=1S/C15H17FN2O3/c16-12-8-4-7-11(14(19)20)13(12)18-15(21)17-9-10-5-2-1-3-6-10/h1-2,4,7-8,10H,3,5-6,9H2,(H,19,20)(H2,17,18,21). The van der Waals surface area contributed by atoms with Crippen LogP contribution in [0.15, 0.2) is 30.4 Å². The molecule has 0 aromatic heterocycles. The number of anilines is 1. The van der Waals surface area contributed by atoms with Crippen molar-refractivity contribution in [3.8, 4) is 0 Å². The predicted octanol–water partition coefficient (Wildman–Crippen LogP) is 3.00. The van der Waals surface area contributed by atoms with Crippen LogP contribution in [0.25, 0.3) is 0 Å². The van der Waals surface area contributed by atoms with Gasteiger partial charge >= 0.3 is 12.0 Å². The molecule has 6 heteroatoms. The van der Waals surface area contributed by atoms with E-state index in [-0.39, 0.29) is 11.3 Å². The van der Waals surface area contributed by atoms with Gasteiger partial charge in [-0.1, -0.05) is 18.2 Å². The van der Waals surface area contributed by atoms with E-state index in [1.54, 1.807) is 0 Å². The lowest BCUT2D eigenvalue weighted by molar-refractivity contribution is 0.0697. The summed E-state index contributed by atoms with van der Waals surface area (Å²) >= 11 is 0. The largest absolute Gasteiger partial charge is 0.478 e. The fourth-order valence-electron chi connectivity index (χ4n) is 2.27. The van der Waals surface area contributed by atoms with Crippen molar-refractivity contribution < 1.29 is 19.1 Å². The number of hydrogen-bond acceptors (Lipinski definition) is 2. The van der Waals surface area contributed by atoms with Crippen molar-refractivity contribution in [1.29, 1.82) is 0 Å². The van der Waals surface area contributed by atoms with Crippen LogP contribution < -0.4 is 10.6 Å². The highest BCUT2D eigenvalue weighted by Gasteiger charge is 2.17. The number of hydrogen-bond donors (Lipinski definition) is 3. The number of carboxylic acids is 1. The zero-order valence-electron chi connectivity index (χ0n) is 11.4. The molecule has 0 saturated carbocycles. The minimum absolute atomic E-state index is 0.272. The van der Waals surface area contributed by atoms with Gasteiger partial charge in [0.1, 0.15) is 5.82 Å². The van der Waals surface area contributed by atoms with Crippen molar-refractivity contribution in [3.05, 3.63) is 41.7 Å². The van der Waals surface area contributed by atoms with E-state index in [1.165, 1.54) is 12.1 Å². The van der Waals surface area contributed by atoms with Crippen LogP contribution in [-0.4, -0.2) is 23.7 Å². The van der Waals surface area contributed by atoms with Crippen LogP contribution in [0.1, 0.15) is 29.6 Å². The number of urea groups is 1. The maximum absolute atomic E-state index is 13.7. The van der Waals surface area contributed by atoms with Gasteiger partial charge in [0.25, 0.3) is 0 Å². The van der Waals surface area contributed by atoms with Crippen LogP contribution in [0.4, 0.5) is 14.9 Å². The van der Waals surface area contributed by atoms with Crippen LogP contribution in [0, 0.1) is 11.7 Å². The quantitative estimate of drug-likeness (QED) is 0.746. The lowest BCUT2D eigenvalue weighted by atomic mass is 9.94. The average Bonchev–Trinajstić information content (AvgIpc) is 2.48. The number of halogens is 1. The topological polar surface area (TPSA) is 78.4 Å². The first-order valence-corrected chi connectivity index (χ1v) is 6.79. The Morgan fingerprint density at radius 3 is 2.81 bits per heavy atom. The highest BCUT2D eigenvalue weighted by molar-refractivity contribution is 6.00. The number of amides is 2. The van der Waals surface area contributed by atoms with Crippen LogP contribution in [0.3, 0.4) is 0 Å². The van der Waals surface area contributed by atoms with Crippen molar-refractivity contribution in [3.63, 3.8) is 0 Å². The van der Waals surface area contributed by atoms with Crippen LogP contribution >= 0.6 is 0 Å². The first-order valence-electron chi connectivity index (χ1n) is 6.79. The second-order valence-corrected chi connectivity index (χ2v) is 4.95. The van der Waals surface area contributed by atoms with E-state index in [4.69, 9.17) is 5.11 Å². The van der Waals surface area contributed by atoms with E-state index >= 15 is 0 Å². The number of allylic oxidation sites excluding steroid dienone is 2. The Kier molecular flexibility index (Phi) is 4.92. The maximum atomic E-state index is 13.7. The first kappa shape index (κ1) is 15.0. The molecule has 2 rings (SSSR count). The number of carbonyl (C=O) groups is 2. The normalized spacial score (nSPS) is 17.3. The lowest BCUT2D eigenvalue weighted by Crippen LogP contribution is -2.34. The van der Waals surface area contributed by atoms with E-state index in [0.29, 0.717) is 12.5 Å². The molecule has 0 bridgehead atoms. The van der Waals surface area contributed by atoms with E-state index in [2.05, 4.69) is 22.8 Å². The molecule has 112 valence electrons. The smallest absolute Gasteiger partial charge is 0.337 e. The van der Waals surface area contributed by atoms with Gasteiger partial charge in [-0.3, -0.25) is 0 Å².